The molecule has 8 heteroatoms. The van der Waals surface area contributed by atoms with Crippen LogP contribution in [0.3, 0.4) is 0 Å². The molecule has 0 spiro atoms. The van der Waals surface area contributed by atoms with Crippen LogP contribution in [0.25, 0.3) is 0 Å². The lowest BCUT2D eigenvalue weighted by Crippen LogP contribution is -2.14. The molecule has 0 atom stereocenters. The average Bonchev–Trinajstić information content (AvgIpc) is 2.41. The van der Waals surface area contributed by atoms with Gasteiger partial charge >= 0.3 is 0 Å². The maximum atomic E-state index is 13.6. The van der Waals surface area contributed by atoms with Gasteiger partial charge in [0.05, 0.1) is 17.7 Å². The number of hydrogen-bond acceptors (Lipinski definition) is 4. The summed E-state index contributed by atoms with van der Waals surface area (Å²) in [7, 11) is -2.56. The van der Waals surface area contributed by atoms with Crippen LogP contribution in [0.5, 0.6) is 5.75 Å². The molecule has 0 bridgehead atoms. The predicted octanol–water partition coefficient (Wildman–Crippen LogP) is 2.68. The number of benzene rings is 1. The zero-order valence-corrected chi connectivity index (χ0v) is 11.9. The van der Waals surface area contributed by atoms with Crippen molar-refractivity contribution in [2.45, 2.75) is 4.90 Å². The largest absolute Gasteiger partial charge is 0.497 e. The Morgan fingerprint density at radius 3 is 2.70 bits per heavy atom. The van der Waals surface area contributed by atoms with E-state index >= 15 is 0 Å². The fraction of sp³-hybridized carbons (Fsp3) is 0.0833. The first kappa shape index (κ1) is 14.5. The monoisotopic (exact) mass is 316 g/mol. The molecule has 2 rings (SSSR count). The second kappa shape index (κ2) is 5.64. The second-order valence-corrected chi connectivity index (χ2v) is 5.84. The van der Waals surface area contributed by atoms with Crippen molar-refractivity contribution in [3.63, 3.8) is 0 Å². The number of hydrogen-bond donors (Lipinski definition) is 1. The van der Waals surface area contributed by atoms with Crippen LogP contribution in [-0.2, 0) is 10.0 Å². The third-order valence-corrected chi connectivity index (χ3v) is 4.00. The van der Waals surface area contributed by atoms with Crippen molar-refractivity contribution in [2.75, 3.05) is 11.8 Å². The highest BCUT2D eigenvalue weighted by molar-refractivity contribution is 7.92. The molecule has 0 radical (unpaired) electrons. The van der Waals surface area contributed by atoms with Gasteiger partial charge in [0, 0.05) is 12.3 Å². The SMILES string of the molecule is COc1ccc(F)c(NS(=O)(=O)c2ccnc(Cl)c2)c1. The average molecular weight is 317 g/mol. The van der Waals surface area contributed by atoms with E-state index in [0.717, 1.165) is 6.07 Å². The van der Waals surface area contributed by atoms with Crippen molar-refractivity contribution in [2.24, 2.45) is 0 Å². The summed E-state index contributed by atoms with van der Waals surface area (Å²) in [5, 5.41) is 0.0268. The van der Waals surface area contributed by atoms with E-state index in [1.165, 1.54) is 37.6 Å². The molecule has 20 heavy (non-hydrogen) atoms. The lowest BCUT2D eigenvalue weighted by Gasteiger charge is -2.10. The first-order chi connectivity index (χ1) is 9.42. The number of ether oxygens (including phenoxy) is 1. The summed E-state index contributed by atoms with van der Waals surface area (Å²) in [4.78, 5) is 3.57. The van der Waals surface area contributed by atoms with E-state index in [1.807, 2.05) is 0 Å². The van der Waals surface area contributed by atoms with Gasteiger partial charge in [-0.1, -0.05) is 11.6 Å². The molecule has 0 aliphatic carbocycles. The molecule has 106 valence electrons. The minimum Gasteiger partial charge on any atom is -0.497 e. The zero-order valence-electron chi connectivity index (χ0n) is 10.3. The minimum atomic E-state index is -3.95. The van der Waals surface area contributed by atoms with E-state index in [0.29, 0.717) is 5.75 Å². The van der Waals surface area contributed by atoms with Crippen molar-refractivity contribution < 1.29 is 17.5 Å². The summed E-state index contributed by atoms with van der Waals surface area (Å²) in [6.07, 6.45) is 1.25. The van der Waals surface area contributed by atoms with Crippen molar-refractivity contribution >= 4 is 27.3 Å². The molecule has 0 aliphatic rings. The second-order valence-electron chi connectivity index (χ2n) is 3.77. The van der Waals surface area contributed by atoms with Gasteiger partial charge in [-0.3, -0.25) is 4.72 Å². The first-order valence-corrected chi connectivity index (χ1v) is 7.26. The summed E-state index contributed by atoms with van der Waals surface area (Å²) in [5.41, 5.74) is -0.211. The van der Waals surface area contributed by atoms with Crippen LogP contribution >= 0.6 is 11.6 Å². The summed E-state index contributed by atoms with van der Waals surface area (Å²) >= 11 is 5.64. The van der Waals surface area contributed by atoms with Crippen LogP contribution < -0.4 is 9.46 Å². The highest BCUT2D eigenvalue weighted by Gasteiger charge is 2.17. The molecule has 0 aliphatic heterocycles. The van der Waals surface area contributed by atoms with Crippen LogP contribution in [0.1, 0.15) is 0 Å². The van der Waals surface area contributed by atoms with Crippen LogP contribution in [0, 0.1) is 5.82 Å². The summed E-state index contributed by atoms with van der Waals surface area (Å²) < 4.78 is 44.9. The van der Waals surface area contributed by atoms with Crippen LogP contribution in [-0.4, -0.2) is 20.5 Å². The molecule has 0 saturated heterocycles. The van der Waals surface area contributed by atoms with Gasteiger partial charge in [0.2, 0.25) is 0 Å². The van der Waals surface area contributed by atoms with E-state index < -0.39 is 15.8 Å². The third kappa shape index (κ3) is 3.17. The molecule has 1 aromatic heterocycles. The Bertz CT molecular complexity index is 737. The van der Waals surface area contributed by atoms with Gasteiger partial charge in [0.15, 0.2) is 0 Å². The third-order valence-electron chi connectivity index (χ3n) is 2.43. The van der Waals surface area contributed by atoms with Gasteiger partial charge in [0.25, 0.3) is 10.0 Å². The highest BCUT2D eigenvalue weighted by atomic mass is 35.5. The molecule has 0 fully saturated rings. The number of halogens is 2. The lowest BCUT2D eigenvalue weighted by molar-refractivity contribution is 0.414. The van der Waals surface area contributed by atoms with Crippen molar-refractivity contribution in [3.8, 4) is 5.75 Å². The quantitative estimate of drug-likeness (QED) is 0.881. The van der Waals surface area contributed by atoms with Gasteiger partial charge in [0.1, 0.15) is 16.7 Å². The number of nitrogens with zero attached hydrogens (tertiary/aromatic N) is 1. The molecule has 1 N–H and O–H groups in total. The number of pyridine rings is 1. The van der Waals surface area contributed by atoms with Gasteiger partial charge < -0.3 is 4.74 Å². The Balaban J connectivity index is 2.38. The molecule has 0 unspecified atom stereocenters. The van der Waals surface area contributed by atoms with Gasteiger partial charge in [-0.25, -0.2) is 17.8 Å². The summed E-state index contributed by atoms with van der Waals surface area (Å²) in [5.74, 6) is -0.383. The van der Waals surface area contributed by atoms with E-state index in [4.69, 9.17) is 16.3 Å². The van der Waals surface area contributed by atoms with Crippen LogP contribution in [0.2, 0.25) is 5.15 Å². The molecular weight excluding hydrogens is 307 g/mol. The van der Waals surface area contributed by atoms with E-state index in [1.54, 1.807) is 0 Å². The lowest BCUT2D eigenvalue weighted by atomic mass is 10.3. The topological polar surface area (TPSA) is 68.3 Å². The molecule has 1 heterocycles. The number of nitrogens with one attached hydrogen (secondary N) is 1. The molecule has 1 aromatic carbocycles. The van der Waals surface area contributed by atoms with Crippen LogP contribution in [0.4, 0.5) is 10.1 Å². The molecule has 0 amide bonds. The number of anilines is 1. The summed E-state index contributed by atoms with van der Waals surface area (Å²) in [6.45, 7) is 0. The van der Waals surface area contributed by atoms with Gasteiger partial charge in [-0.2, -0.15) is 0 Å². The van der Waals surface area contributed by atoms with E-state index in [-0.39, 0.29) is 15.7 Å². The Morgan fingerprint density at radius 1 is 1.30 bits per heavy atom. The first-order valence-electron chi connectivity index (χ1n) is 5.40. The molecule has 5 nitrogen and oxygen atoms in total. The maximum Gasteiger partial charge on any atom is 0.262 e. The Labute approximate surface area is 120 Å². The normalized spacial score (nSPS) is 11.2. The smallest absolute Gasteiger partial charge is 0.262 e. The number of methoxy groups -OCH3 is 1. The maximum absolute atomic E-state index is 13.6. The fourth-order valence-electron chi connectivity index (χ4n) is 1.47. The summed E-state index contributed by atoms with van der Waals surface area (Å²) in [6, 6.07) is 6.16. The molecule has 0 saturated carbocycles. The minimum absolute atomic E-state index is 0.0268. The van der Waals surface area contributed by atoms with E-state index in [9.17, 15) is 12.8 Å². The Kier molecular flexibility index (Phi) is 4.10. The Morgan fingerprint density at radius 2 is 2.05 bits per heavy atom. The van der Waals surface area contributed by atoms with Crippen molar-refractivity contribution in [1.82, 2.24) is 4.98 Å². The number of sulfonamides is 1. The number of aromatic nitrogens is 1. The highest BCUT2D eigenvalue weighted by Crippen LogP contribution is 2.24. The number of rotatable bonds is 4. The van der Waals surface area contributed by atoms with Crippen molar-refractivity contribution in [3.05, 3.63) is 47.5 Å². The van der Waals surface area contributed by atoms with Crippen molar-refractivity contribution in [1.29, 1.82) is 0 Å². The van der Waals surface area contributed by atoms with Gasteiger partial charge in [-0.05, 0) is 24.3 Å². The van der Waals surface area contributed by atoms with E-state index in [2.05, 4.69) is 9.71 Å². The Hall–Kier alpha value is -1.86. The molecule has 2 aromatic rings. The standard InChI is InChI=1S/C12H10ClFN2O3S/c1-19-8-2-3-10(14)11(6-8)16-20(17,18)9-4-5-15-12(13)7-9/h2-7,16H,1H3. The van der Waals surface area contributed by atoms with Crippen LogP contribution in [0.15, 0.2) is 41.4 Å². The van der Waals surface area contributed by atoms with Gasteiger partial charge in [-0.15, -0.1) is 0 Å². The molecular formula is C12H10ClFN2O3S. The fourth-order valence-corrected chi connectivity index (χ4v) is 2.77. The predicted molar refractivity (Wildman–Crippen MR) is 73.0 cm³/mol. The zero-order chi connectivity index (χ0) is 14.8.